The Morgan fingerprint density at radius 1 is 1.00 bits per heavy atom. The zero-order valence-corrected chi connectivity index (χ0v) is 16.3. The molecule has 0 amide bonds. The summed E-state index contributed by atoms with van der Waals surface area (Å²) in [5.74, 6) is 0.932. The molecule has 0 spiro atoms. The molecule has 0 unspecified atom stereocenters. The topological polar surface area (TPSA) is 82.6 Å². The molecule has 0 aromatic carbocycles. The lowest BCUT2D eigenvalue weighted by molar-refractivity contribution is 0.353. The highest BCUT2D eigenvalue weighted by Crippen LogP contribution is 2.31. The van der Waals surface area contributed by atoms with Crippen molar-refractivity contribution in [2.45, 2.75) is 50.7 Å². The highest BCUT2D eigenvalue weighted by atomic mass is 15.3. The second-order valence-electron chi connectivity index (χ2n) is 7.97. The SMILES string of the molecule is Cc1nc(-c2ccc(N(C)[C@@H]3C[C@H]4CC[C@@H](C3)N4)nn2)ccc1-c1cn[nH]c1. The summed E-state index contributed by atoms with van der Waals surface area (Å²) >= 11 is 0. The van der Waals surface area contributed by atoms with Crippen LogP contribution in [0.25, 0.3) is 22.5 Å². The molecule has 2 aliphatic rings. The second-order valence-corrected chi connectivity index (χ2v) is 7.97. The van der Waals surface area contributed by atoms with Crippen LogP contribution in [0.3, 0.4) is 0 Å². The fourth-order valence-electron chi connectivity index (χ4n) is 4.59. The molecule has 5 heterocycles. The monoisotopic (exact) mass is 375 g/mol. The molecule has 7 nitrogen and oxygen atoms in total. The first-order valence-corrected chi connectivity index (χ1v) is 9.97. The van der Waals surface area contributed by atoms with E-state index in [4.69, 9.17) is 4.98 Å². The van der Waals surface area contributed by atoms with Crippen LogP contribution in [0.5, 0.6) is 0 Å². The third-order valence-electron chi connectivity index (χ3n) is 6.17. The summed E-state index contributed by atoms with van der Waals surface area (Å²) < 4.78 is 0. The smallest absolute Gasteiger partial charge is 0.151 e. The van der Waals surface area contributed by atoms with E-state index >= 15 is 0 Å². The molecule has 2 N–H and O–H groups in total. The number of hydrogen-bond donors (Lipinski definition) is 2. The Kier molecular flexibility index (Phi) is 4.31. The van der Waals surface area contributed by atoms with Crippen LogP contribution in [0.2, 0.25) is 0 Å². The van der Waals surface area contributed by atoms with Crippen molar-refractivity contribution >= 4 is 5.82 Å². The quantitative estimate of drug-likeness (QED) is 0.730. The minimum Gasteiger partial charge on any atom is -0.355 e. The van der Waals surface area contributed by atoms with Gasteiger partial charge in [0.25, 0.3) is 0 Å². The van der Waals surface area contributed by atoms with Gasteiger partial charge in [0, 0.05) is 48.2 Å². The van der Waals surface area contributed by atoms with Crippen LogP contribution >= 0.6 is 0 Å². The molecule has 2 saturated heterocycles. The normalized spacial score (nSPS) is 23.7. The van der Waals surface area contributed by atoms with Crippen molar-refractivity contribution < 1.29 is 0 Å². The summed E-state index contributed by atoms with van der Waals surface area (Å²) in [6, 6.07) is 10.0. The summed E-state index contributed by atoms with van der Waals surface area (Å²) in [6.07, 6.45) is 8.67. The molecule has 2 bridgehead atoms. The summed E-state index contributed by atoms with van der Waals surface area (Å²) in [4.78, 5) is 7.02. The lowest BCUT2D eigenvalue weighted by Crippen LogP contribution is -2.47. The largest absolute Gasteiger partial charge is 0.355 e. The van der Waals surface area contributed by atoms with Gasteiger partial charge in [-0.25, -0.2) is 0 Å². The van der Waals surface area contributed by atoms with Gasteiger partial charge in [0.05, 0.1) is 11.9 Å². The van der Waals surface area contributed by atoms with E-state index in [1.807, 2.05) is 25.3 Å². The van der Waals surface area contributed by atoms with Crippen molar-refractivity contribution in [3.8, 4) is 22.5 Å². The Balaban J connectivity index is 1.34. The number of H-pyrrole nitrogens is 1. The van der Waals surface area contributed by atoms with E-state index < -0.39 is 0 Å². The summed E-state index contributed by atoms with van der Waals surface area (Å²) in [5, 5.41) is 19.5. The number of anilines is 1. The van der Waals surface area contributed by atoms with Crippen LogP contribution in [0.15, 0.2) is 36.7 Å². The van der Waals surface area contributed by atoms with Gasteiger partial charge in [0.2, 0.25) is 0 Å². The van der Waals surface area contributed by atoms with Crippen LogP contribution in [0, 0.1) is 6.92 Å². The minimum atomic E-state index is 0.536. The molecule has 0 radical (unpaired) electrons. The van der Waals surface area contributed by atoms with Crippen molar-refractivity contribution in [3.05, 3.63) is 42.4 Å². The molecule has 0 saturated carbocycles. The Bertz CT molecular complexity index is 939. The van der Waals surface area contributed by atoms with Gasteiger partial charge in [-0.1, -0.05) is 6.07 Å². The standard InChI is InChI=1S/C21H25N7/c1-13-18(14-11-22-23-12-14)5-6-19(24-13)20-7-8-21(27-26-20)28(2)17-9-15-3-4-16(10-17)25-15/h5-8,11-12,15-17,25H,3-4,9-10H2,1-2H3,(H,22,23)/t15-,16+,17-. The number of aryl methyl sites for hydroxylation is 1. The zero-order valence-electron chi connectivity index (χ0n) is 16.3. The van der Waals surface area contributed by atoms with E-state index in [2.05, 4.69) is 49.8 Å². The van der Waals surface area contributed by atoms with Crippen molar-refractivity contribution in [3.63, 3.8) is 0 Å². The van der Waals surface area contributed by atoms with E-state index in [0.717, 1.165) is 34.0 Å². The third kappa shape index (κ3) is 3.16. The molecule has 3 atom stereocenters. The average molecular weight is 375 g/mol. The predicted octanol–water partition coefficient (Wildman–Crippen LogP) is 2.96. The number of rotatable bonds is 4. The number of aromatic amines is 1. The lowest BCUT2D eigenvalue weighted by atomic mass is 9.98. The van der Waals surface area contributed by atoms with Crippen molar-refractivity contribution in [2.75, 3.05) is 11.9 Å². The second kappa shape index (κ2) is 6.98. The molecule has 144 valence electrons. The molecule has 0 aliphatic carbocycles. The maximum Gasteiger partial charge on any atom is 0.151 e. The third-order valence-corrected chi connectivity index (χ3v) is 6.17. The predicted molar refractivity (Wildman–Crippen MR) is 109 cm³/mol. The molecular weight excluding hydrogens is 350 g/mol. The van der Waals surface area contributed by atoms with Gasteiger partial charge in [-0.15, -0.1) is 10.2 Å². The van der Waals surface area contributed by atoms with Gasteiger partial charge in [-0.05, 0) is 50.8 Å². The number of aromatic nitrogens is 5. The van der Waals surface area contributed by atoms with Crippen LogP contribution < -0.4 is 10.2 Å². The van der Waals surface area contributed by atoms with Crippen molar-refractivity contribution in [2.24, 2.45) is 0 Å². The number of nitrogens with zero attached hydrogens (tertiary/aromatic N) is 5. The molecular formula is C21H25N7. The van der Waals surface area contributed by atoms with Gasteiger partial charge in [-0.2, -0.15) is 5.10 Å². The van der Waals surface area contributed by atoms with Crippen molar-refractivity contribution in [1.29, 1.82) is 0 Å². The van der Waals surface area contributed by atoms with Gasteiger partial charge >= 0.3 is 0 Å². The fourth-order valence-corrected chi connectivity index (χ4v) is 4.59. The Hall–Kier alpha value is -2.80. The van der Waals surface area contributed by atoms with Gasteiger partial charge in [0.15, 0.2) is 5.82 Å². The Morgan fingerprint density at radius 3 is 2.43 bits per heavy atom. The van der Waals surface area contributed by atoms with Crippen LogP contribution in [0.4, 0.5) is 5.82 Å². The minimum absolute atomic E-state index is 0.536. The number of hydrogen-bond acceptors (Lipinski definition) is 6. The fraction of sp³-hybridized carbons (Fsp3) is 0.429. The molecule has 7 heteroatoms. The highest BCUT2D eigenvalue weighted by molar-refractivity contribution is 5.67. The molecule has 2 fully saturated rings. The van der Waals surface area contributed by atoms with E-state index in [1.165, 1.54) is 25.7 Å². The van der Waals surface area contributed by atoms with Crippen LogP contribution in [0.1, 0.15) is 31.4 Å². The number of nitrogens with one attached hydrogen (secondary N) is 2. The number of fused-ring (bicyclic) bond motifs is 2. The van der Waals surface area contributed by atoms with E-state index in [0.29, 0.717) is 18.1 Å². The Labute approximate surface area is 164 Å². The molecule has 5 rings (SSSR count). The first-order chi connectivity index (χ1) is 13.7. The maximum absolute atomic E-state index is 4.73. The van der Waals surface area contributed by atoms with Crippen molar-refractivity contribution in [1.82, 2.24) is 30.7 Å². The Morgan fingerprint density at radius 2 is 1.79 bits per heavy atom. The molecule has 3 aromatic rings. The van der Waals surface area contributed by atoms with E-state index in [9.17, 15) is 0 Å². The van der Waals surface area contributed by atoms with Gasteiger partial charge < -0.3 is 10.2 Å². The molecule has 2 aliphatic heterocycles. The lowest BCUT2D eigenvalue weighted by Gasteiger charge is -2.36. The summed E-state index contributed by atoms with van der Waals surface area (Å²) in [6.45, 7) is 2.01. The number of piperidine rings is 1. The molecule has 28 heavy (non-hydrogen) atoms. The maximum atomic E-state index is 4.73. The summed E-state index contributed by atoms with van der Waals surface area (Å²) in [5.41, 5.74) is 4.70. The van der Waals surface area contributed by atoms with Gasteiger partial charge in [-0.3, -0.25) is 10.1 Å². The van der Waals surface area contributed by atoms with Gasteiger partial charge in [0.1, 0.15) is 5.69 Å². The summed E-state index contributed by atoms with van der Waals surface area (Å²) in [7, 11) is 2.14. The average Bonchev–Trinajstić information content (AvgIpc) is 3.37. The van der Waals surface area contributed by atoms with E-state index in [-0.39, 0.29) is 0 Å². The molecule has 3 aromatic heterocycles. The number of pyridine rings is 1. The highest BCUT2D eigenvalue weighted by Gasteiger charge is 2.35. The zero-order chi connectivity index (χ0) is 19.1. The van der Waals surface area contributed by atoms with Crippen LogP contribution in [-0.2, 0) is 0 Å². The first kappa shape index (κ1) is 17.3. The van der Waals surface area contributed by atoms with E-state index in [1.54, 1.807) is 6.20 Å². The first-order valence-electron chi connectivity index (χ1n) is 9.97. The van der Waals surface area contributed by atoms with Crippen LogP contribution in [-0.4, -0.2) is 50.6 Å².